The summed E-state index contributed by atoms with van der Waals surface area (Å²) in [6.45, 7) is 7.21. The molecule has 2 fully saturated rings. The van der Waals surface area contributed by atoms with Crippen molar-refractivity contribution in [2.75, 3.05) is 5.32 Å². The summed E-state index contributed by atoms with van der Waals surface area (Å²) in [6, 6.07) is 8.55. The third-order valence-corrected chi connectivity index (χ3v) is 7.86. The van der Waals surface area contributed by atoms with Crippen molar-refractivity contribution in [3.63, 3.8) is 0 Å². The molecule has 1 aliphatic carbocycles. The third-order valence-electron chi connectivity index (χ3n) is 7.86. The van der Waals surface area contributed by atoms with Gasteiger partial charge >= 0.3 is 12.1 Å². The lowest BCUT2D eigenvalue weighted by Crippen LogP contribution is -2.49. The number of hydrogen-bond donors (Lipinski definition) is 2. The number of halogens is 3. The van der Waals surface area contributed by atoms with Crippen LogP contribution in [0.1, 0.15) is 75.7 Å². The van der Waals surface area contributed by atoms with Gasteiger partial charge < -0.3 is 15.3 Å². The number of amides is 1. The Kier molecular flexibility index (Phi) is 7.77. The van der Waals surface area contributed by atoms with Crippen molar-refractivity contribution in [1.82, 2.24) is 9.88 Å². The number of benzene rings is 1. The van der Waals surface area contributed by atoms with Crippen molar-refractivity contribution < 1.29 is 27.9 Å². The van der Waals surface area contributed by atoms with Gasteiger partial charge in [0.15, 0.2) is 0 Å². The number of alkyl halides is 3. The van der Waals surface area contributed by atoms with Crippen LogP contribution in [0.25, 0.3) is 0 Å². The van der Waals surface area contributed by atoms with Crippen LogP contribution in [0.2, 0.25) is 0 Å². The monoisotopic (exact) mass is 531 g/mol. The zero-order valence-electron chi connectivity index (χ0n) is 22.3. The average molecular weight is 532 g/mol. The molecule has 206 valence electrons. The molecule has 2 aromatic rings. The largest absolute Gasteiger partial charge is 0.480 e. The highest BCUT2D eigenvalue weighted by Gasteiger charge is 2.58. The Hall–Kier alpha value is -3.10. The molecule has 4 unspecified atom stereocenters. The van der Waals surface area contributed by atoms with Crippen molar-refractivity contribution in [1.29, 1.82) is 0 Å². The highest BCUT2D eigenvalue weighted by molar-refractivity contribution is 5.87. The molecule has 0 spiro atoms. The van der Waals surface area contributed by atoms with E-state index in [1.165, 1.54) is 11.8 Å². The van der Waals surface area contributed by atoms with Crippen molar-refractivity contribution in [2.24, 2.45) is 17.3 Å². The van der Waals surface area contributed by atoms with E-state index in [0.717, 1.165) is 37.0 Å². The Balaban J connectivity index is 1.88. The van der Waals surface area contributed by atoms with Crippen LogP contribution < -0.4 is 5.32 Å². The Morgan fingerprint density at radius 1 is 1.03 bits per heavy atom. The second-order valence-electron chi connectivity index (χ2n) is 11.7. The molecule has 38 heavy (non-hydrogen) atoms. The number of carboxylic acid groups (broad SMARTS) is 1. The van der Waals surface area contributed by atoms with E-state index in [-0.39, 0.29) is 23.3 Å². The van der Waals surface area contributed by atoms with E-state index < -0.39 is 47.2 Å². The lowest BCUT2D eigenvalue weighted by Gasteiger charge is -2.36. The van der Waals surface area contributed by atoms with Crippen molar-refractivity contribution >= 4 is 17.7 Å². The normalized spacial score (nSPS) is 24.9. The predicted octanol–water partition coefficient (Wildman–Crippen LogP) is 6.47. The van der Waals surface area contributed by atoms with E-state index in [1.54, 1.807) is 0 Å². The standard InChI is InChI=1S/C29H36F3N3O3/c1-17-15-20(29(30,31)32)16-21(33-17)34-23-22(28(2,3)4)25(27(37)38)35(24(23)18-11-7-5-8-12-18)26(36)19-13-9-6-10-14-19/h5,7-8,11-12,15-16,19,22-25H,6,9-10,13-14H2,1-4H3,(H,33,34)(H,37,38). The van der Waals surface area contributed by atoms with Gasteiger partial charge in [-0.05, 0) is 42.9 Å². The molecule has 4 rings (SSSR count). The van der Waals surface area contributed by atoms with Gasteiger partial charge in [-0.25, -0.2) is 9.78 Å². The van der Waals surface area contributed by atoms with E-state index in [4.69, 9.17) is 0 Å². The molecule has 0 radical (unpaired) electrons. The van der Waals surface area contributed by atoms with Crippen LogP contribution in [0.5, 0.6) is 0 Å². The summed E-state index contributed by atoms with van der Waals surface area (Å²) in [5.74, 6) is -2.20. The molecule has 1 saturated carbocycles. The van der Waals surface area contributed by atoms with Gasteiger partial charge in [0.1, 0.15) is 11.9 Å². The van der Waals surface area contributed by atoms with Gasteiger partial charge in [0.05, 0.1) is 17.6 Å². The maximum absolute atomic E-state index is 14.1. The SMILES string of the molecule is Cc1cc(C(F)(F)F)cc(NC2C(c3ccccc3)N(C(=O)C3CCCCC3)C(C(=O)O)C2C(C)(C)C)n1. The summed E-state index contributed by atoms with van der Waals surface area (Å²) in [6.07, 6.45) is -0.282. The number of carboxylic acids is 1. The number of carbonyl (C=O) groups excluding carboxylic acids is 1. The second-order valence-corrected chi connectivity index (χ2v) is 11.7. The number of anilines is 1. The van der Waals surface area contributed by atoms with Crippen LogP contribution in [0.3, 0.4) is 0 Å². The first kappa shape index (κ1) is 27.9. The van der Waals surface area contributed by atoms with Gasteiger partial charge in [-0.3, -0.25) is 4.79 Å². The fraction of sp³-hybridized carbons (Fsp3) is 0.552. The predicted molar refractivity (Wildman–Crippen MR) is 138 cm³/mol. The van der Waals surface area contributed by atoms with E-state index in [0.29, 0.717) is 12.8 Å². The molecule has 4 atom stereocenters. The van der Waals surface area contributed by atoms with Gasteiger partial charge in [0, 0.05) is 17.5 Å². The van der Waals surface area contributed by atoms with Crippen molar-refractivity contribution in [2.45, 2.75) is 84.1 Å². The first-order valence-corrected chi connectivity index (χ1v) is 13.2. The minimum absolute atomic E-state index is 0.00797. The molecular formula is C29H36F3N3O3. The van der Waals surface area contributed by atoms with Crippen LogP contribution in [-0.4, -0.2) is 39.0 Å². The molecule has 1 aromatic carbocycles. The molecule has 1 saturated heterocycles. The van der Waals surface area contributed by atoms with Gasteiger partial charge in [-0.2, -0.15) is 13.2 Å². The molecule has 2 aliphatic rings. The number of likely N-dealkylation sites (tertiary alicyclic amines) is 1. The minimum Gasteiger partial charge on any atom is -0.480 e. The number of aliphatic carboxylic acids is 1. The van der Waals surface area contributed by atoms with Crippen molar-refractivity contribution in [3.8, 4) is 0 Å². The average Bonchev–Trinajstić information content (AvgIpc) is 3.19. The van der Waals surface area contributed by atoms with Crippen molar-refractivity contribution in [3.05, 3.63) is 59.3 Å². The number of aromatic nitrogens is 1. The molecule has 6 nitrogen and oxygen atoms in total. The van der Waals surface area contributed by atoms with E-state index in [1.807, 2.05) is 51.1 Å². The van der Waals surface area contributed by atoms with Gasteiger partial charge in [-0.1, -0.05) is 70.4 Å². The molecule has 2 heterocycles. The Morgan fingerprint density at radius 3 is 2.21 bits per heavy atom. The highest BCUT2D eigenvalue weighted by atomic mass is 19.4. The summed E-state index contributed by atoms with van der Waals surface area (Å²) >= 11 is 0. The first-order valence-electron chi connectivity index (χ1n) is 13.2. The number of carbonyl (C=O) groups is 2. The Labute approximate surface area is 221 Å². The molecule has 1 aliphatic heterocycles. The highest BCUT2D eigenvalue weighted by Crippen LogP contribution is 2.50. The van der Waals surface area contributed by atoms with Crippen LogP contribution in [0.4, 0.5) is 19.0 Å². The summed E-state index contributed by atoms with van der Waals surface area (Å²) in [5, 5.41) is 13.7. The number of pyridine rings is 1. The number of nitrogens with one attached hydrogen (secondary N) is 1. The topological polar surface area (TPSA) is 82.5 Å². The smallest absolute Gasteiger partial charge is 0.416 e. The summed E-state index contributed by atoms with van der Waals surface area (Å²) in [7, 11) is 0. The van der Waals surface area contributed by atoms with Gasteiger partial charge in [-0.15, -0.1) is 0 Å². The molecular weight excluding hydrogens is 495 g/mol. The van der Waals surface area contributed by atoms with Gasteiger partial charge in [0.25, 0.3) is 0 Å². The summed E-state index contributed by atoms with van der Waals surface area (Å²) in [4.78, 5) is 32.8. The maximum atomic E-state index is 14.1. The zero-order valence-corrected chi connectivity index (χ0v) is 22.3. The minimum atomic E-state index is -4.56. The van der Waals surface area contributed by atoms with Crippen LogP contribution in [0, 0.1) is 24.2 Å². The number of nitrogens with zero attached hydrogens (tertiary/aromatic N) is 2. The second kappa shape index (κ2) is 10.6. The van der Waals surface area contributed by atoms with Crippen LogP contribution in [-0.2, 0) is 15.8 Å². The van der Waals surface area contributed by atoms with Crippen LogP contribution in [0.15, 0.2) is 42.5 Å². The molecule has 2 N–H and O–H groups in total. The fourth-order valence-electron chi connectivity index (χ4n) is 6.30. The van der Waals surface area contributed by atoms with Gasteiger partial charge in [0.2, 0.25) is 5.91 Å². The lowest BCUT2D eigenvalue weighted by molar-refractivity contribution is -0.154. The third kappa shape index (κ3) is 5.66. The van der Waals surface area contributed by atoms with E-state index >= 15 is 0 Å². The Morgan fingerprint density at radius 2 is 1.66 bits per heavy atom. The van der Waals surface area contributed by atoms with E-state index in [2.05, 4.69) is 10.3 Å². The molecule has 1 aromatic heterocycles. The summed E-state index contributed by atoms with van der Waals surface area (Å²) in [5.41, 5.74) is -0.518. The fourth-order valence-corrected chi connectivity index (χ4v) is 6.30. The quantitative estimate of drug-likeness (QED) is 0.462. The first-order chi connectivity index (χ1) is 17.8. The number of hydrogen-bond acceptors (Lipinski definition) is 4. The Bertz CT molecular complexity index is 1160. The molecule has 1 amide bonds. The molecule has 9 heteroatoms. The molecule has 0 bridgehead atoms. The summed E-state index contributed by atoms with van der Waals surface area (Å²) < 4.78 is 40.9. The number of rotatable bonds is 5. The zero-order chi connectivity index (χ0) is 27.8. The van der Waals surface area contributed by atoms with E-state index in [9.17, 15) is 27.9 Å². The maximum Gasteiger partial charge on any atom is 0.416 e. The lowest BCUT2D eigenvalue weighted by atomic mass is 9.72. The number of aryl methyl sites for hydroxylation is 1. The van der Waals surface area contributed by atoms with Crippen LogP contribution >= 0.6 is 0 Å².